The Balaban J connectivity index is 1.87. The molecule has 2 aromatic rings. The van der Waals surface area contributed by atoms with E-state index in [4.69, 9.17) is 14.6 Å². The van der Waals surface area contributed by atoms with Crippen molar-refractivity contribution in [2.75, 3.05) is 6.79 Å². The van der Waals surface area contributed by atoms with E-state index in [-0.39, 0.29) is 13.2 Å². The lowest BCUT2D eigenvalue weighted by atomic mass is 10.1. The molecule has 0 bridgehead atoms. The van der Waals surface area contributed by atoms with Gasteiger partial charge >= 0.3 is 5.97 Å². The minimum atomic E-state index is -0.757. The van der Waals surface area contributed by atoms with Gasteiger partial charge in [0.15, 0.2) is 11.5 Å². The van der Waals surface area contributed by atoms with Crippen molar-refractivity contribution >= 4 is 16.9 Å². The van der Waals surface area contributed by atoms with Crippen molar-refractivity contribution in [3.05, 3.63) is 23.9 Å². The molecular formula is C13H13NO4. The average molecular weight is 247 g/mol. The number of nitrogens with one attached hydrogen (secondary N) is 1. The number of hydrogen-bond acceptors (Lipinski definition) is 3. The summed E-state index contributed by atoms with van der Waals surface area (Å²) in [6, 6.07) is 3.86. The normalized spacial score (nSPS) is 13.1. The molecule has 0 unspecified atom stereocenters. The molecule has 1 aliphatic heterocycles. The van der Waals surface area contributed by atoms with Crippen LogP contribution >= 0.6 is 0 Å². The SMILES string of the molecule is O=C(O)CCCc1c[nH]c2cc3c(cc12)OCO3. The molecule has 0 saturated carbocycles. The second-order valence-corrected chi connectivity index (χ2v) is 4.31. The zero-order valence-electron chi connectivity index (χ0n) is 9.73. The first kappa shape index (κ1) is 11.0. The van der Waals surface area contributed by atoms with Gasteiger partial charge in [-0.1, -0.05) is 0 Å². The largest absolute Gasteiger partial charge is 0.481 e. The lowest BCUT2D eigenvalue weighted by molar-refractivity contribution is -0.137. The number of aliphatic carboxylic acids is 1. The molecule has 2 N–H and O–H groups in total. The molecule has 5 heteroatoms. The van der Waals surface area contributed by atoms with Crippen LogP contribution in [0.3, 0.4) is 0 Å². The van der Waals surface area contributed by atoms with Gasteiger partial charge in [-0.15, -0.1) is 0 Å². The van der Waals surface area contributed by atoms with Crippen LogP contribution in [-0.2, 0) is 11.2 Å². The van der Waals surface area contributed by atoms with E-state index >= 15 is 0 Å². The number of aromatic nitrogens is 1. The van der Waals surface area contributed by atoms with E-state index in [2.05, 4.69) is 4.98 Å². The highest BCUT2D eigenvalue weighted by Crippen LogP contribution is 2.37. The number of aromatic amines is 1. The summed E-state index contributed by atoms with van der Waals surface area (Å²) in [7, 11) is 0. The summed E-state index contributed by atoms with van der Waals surface area (Å²) in [5.41, 5.74) is 2.11. The Labute approximate surface area is 103 Å². The van der Waals surface area contributed by atoms with E-state index in [0.29, 0.717) is 6.42 Å². The van der Waals surface area contributed by atoms with Crippen LogP contribution in [0.15, 0.2) is 18.3 Å². The highest BCUT2D eigenvalue weighted by atomic mass is 16.7. The van der Waals surface area contributed by atoms with Gasteiger partial charge in [0.25, 0.3) is 0 Å². The minimum Gasteiger partial charge on any atom is -0.481 e. The smallest absolute Gasteiger partial charge is 0.303 e. The van der Waals surface area contributed by atoms with Gasteiger partial charge in [-0.05, 0) is 24.5 Å². The summed E-state index contributed by atoms with van der Waals surface area (Å²) < 4.78 is 10.7. The maximum Gasteiger partial charge on any atom is 0.303 e. The molecule has 0 saturated heterocycles. The van der Waals surface area contributed by atoms with Crippen LogP contribution in [0.2, 0.25) is 0 Å². The number of aryl methyl sites for hydroxylation is 1. The molecule has 2 heterocycles. The van der Waals surface area contributed by atoms with E-state index in [0.717, 1.165) is 34.4 Å². The Morgan fingerprint density at radius 3 is 2.89 bits per heavy atom. The Hall–Kier alpha value is -2.17. The van der Waals surface area contributed by atoms with Crippen molar-refractivity contribution < 1.29 is 19.4 Å². The molecular weight excluding hydrogens is 234 g/mol. The number of carboxylic acid groups (broad SMARTS) is 1. The van der Waals surface area contributed by atoms with Crippen LogP contribution in [-0.4, -0.2) is 22.9 Å². The third kappa shape index (κ3) is 1.88. The molecule has 1 aromatic heterocycles. The topological polar surface area (TPSA) is 71.5 Å². The van der Waals surface area contributed by atoms with Crippen molar-refractivity contribution in [2.45, 2.75) is 19.3 Å². The number of fused-ring (bicyclic) bond motifs is 2. The molecule has 94 valence electrons. The van der Waals surface area contributed by atoms with Crippen LogP contribution in [0, 0.1) is 0 Å². The van der Waals surface area contributed by atoms with Crippen LogP contribution < -0.4 is 9.47 Å². The molecule has 5 nitrogen and oxygen atoms in total. The predicted octanol–water partition coefficient (Wildman–Crippen LogP) is 2.30. The fourth-order valence-electron chi connectivity index (χ4n) is 2.21. The maximum absolute atomic E-state index is 10.5. The van der Waals surface area contributed by atoms with Gasteiger partial charge in [0, 0.05) is 29.6 Å². The van der Waals surface area contributed by atoms with Crippen LogP contribution in [0.25, 0.3) is 10.9 Å². The Morgan fingerprint density at radius 1 is 1.33 bits per heavy atom. The van der Waals surface area contributed by atoms with E-state index in [1.54, 1.807) is 0 Å². The minimum absolute atomic E-state index is 0.192. The molecule has 1 aliphatic rings. The van der Waals surface area contributed by atoms with Gasteiger partial charge in [-0.25, -0.2) is 0 Å². The summed E-state index contributed by atoms with van der Waals surface area (Å²) >= 11 is 0. The molecule has 0 aliphatic carbocycles. The lowest BCUT2D eigenvalue weighted by Gasteiger charge is -2.00. The van der Waals surface area contributed by atoms with Gasteiger partial charge in [0.1, 0.15) is 0 Å². The van der Waals surface area contributed by atoms with E-state index in [9.17, 15) is 4.79 Å². The Kier molecular flexibility index (Phi) is 2.59. The van der Waals surface area contributed by atoms with Crippen molar-refractivity contribution in [1.29, 1.82) is 0 Å². The first-order valence-corrected chi connectivity index (χ1v) is 5.85. The molecule has 0 radical (unpaired) electrons. The number of carbonyl (C=O) groups is 1. The Bertz CT molecular complexity index is 602. The molecule has 0 amide bonds. The van der Waals surface area contributed by atoms with Gasteiger partial charge in [-0.2, -0.15) is 0 Å². The predicted molar refractivity (Wildman–Crippen MR) is 65.0 cm³/mol. The third-order valence-electron chi connectivity index (χ3n) is 3.10. The second kappa shape index (κ2) is 4.25. The van der Waals surface area contributed by atoms with E-state index < -0.39 is 5.97 Å². The van der Waals surface area contributed by atoms with Crippen molar-refractivity contribution in [3.63, 3.8) is 0 Å². The average Bonchev–Trinajstić information content (AvgIpc) is 2.92. The fourth-order valence-corrected chi connectivity index (χ4v) is 2.21. The number of benzene rings is 1. The van der Waals surface area contributed by atoms with Crippen molar-refractivity contribution in [3.8, 4) is 11.5 Å². The standard InChI is InChI=1S/C13H13NO4/c15-13(16)3-1-2-8-6-14-10-5-12-11(4-9(8)10)17-7-18-12/h4-6,14H,1-3,7H2,(H,15,16). The summed E-state index contributed by atoms with van der Waals surface area (Å²) in [5.74, 6) is 0.746. The van der Waals surface area contributed by atoms with Crippen LogP contribution in [0.1, 0.15) is 18.4 Å². The molecule has 18 heavy (non-hydrogen) atoms. The van der Waals surface area contributed by atoms with Gasteiger partial charge < -0.3 is 19.6 Å². The molecule has 0 spiro atoms. The zero-order chi connectivity index (χ0) is 12.5. The fraction of sp³-hybridized carbons (Fsp3) is 0.308. The third-order valence-corrected chi connectivity index (χ3v) is 3.10. The van der Waals surface area contributed by atoms with Crippen molar-refractivity contribution in [2.24, 2.45) is 0 Å². The van der Waals surface area contributed by atoms with E-state index in [1.165, 1.54) is 0 Å². The molecule has 0 atom stereocenters. The number of H-pyrrole nitrogens is 1. The summed E-state index contributed by atoms with van der Waals surface area (Å²) in [6.45, 7) is 0.260. The quantitative estimate of drug-likeness (QED) is 0.869. The monoisotopic (exact) mass is 247 g/mol. The molecule has 0 fully saturated rings. The first-order chi connectivity index (χ1) is 8.74. The number of hydrogen-bond donors (Lipinski definition) is 2. The van der Waals surface area contributed by atoms with Crippen molar-refractivity contribution in [1.82, 2.24) is 4.98 Å². The molecule has 3 rings (SSSR count). The van der Waals surface area contributed by atoms with Crippen LogP contribution in [0.5, 0.6) is 11.5 Å². The highest BCUT2D eigenvalue weighted by molar-refractivity contribution is 5.87. The van der Waals surface area contributed by atoms with Crippen LogP contribution in [0.4, 0.5) is 0 Å². The summed E-state index contributed by atoms with van der Waals surface area (Å²) in [4.78, 5) is 13.7. The van der Waals surface area contributed by atoms with Gasteiger partial charge in [-0.3, -0.25) is 4.79 Å². The van der Waals surface area contributed by atoms with Gasteiger partial charge in [0.2, 0.25) is 6.79 Å². The van der Waals surface area contributed by atoms with E-state index in [1.807, 2.05) is 18.3 Å². The lowest BCUT2D eigenvalue weighted by Crippen LogP contribution is -1.95. The molecule has 1 aromatic carbocycles. The van der Waals surface area contributed by atoms with Gasteiger partial charge in [0.05, 0.1) is 0 Å². The summed E-state index contributed by atoms with van der Waals surface area (Å²) in [5, 5.41) is 9.71. The Morgan fingerprint density at radius 2 is 2.11 bits per heavy atom. The number of rotatable bonds is 4. The first-order valence-electron chi connectivity index (χ1n) is 5.85. The second-order valence-electron chi connectivity index (χ2n) is 4.31. The number of ether oxygens (including phenoxy) is 2. The summed E-state index contributed by atoms with van der Waals surface area (Å²) in [6.07, 6.45) is 3.49. The number of carboxylic acids is 1. The zero-order valence-corrected chi connectivity index (χ0v) is 9.73. The maximum atomic E-state index is 10.5. The highest BCUT2D eigenvalue weighted by Gasteiger charge is 2.16.